The van der Waals surface area contributed by atoms with Gasteiger partial charge in [-0.2, -0.15) is 5.10 Å². The summed E-state index contributed by atoms with van der Waals surface area (Å²) in [6.07, 6.45) is 2.47. The molecule has 2 aromatic rings. The van der Waals surface area contributed by atoms with Crippen molar-refractivity contribution in [2.45, 2.75) is 39.8 Å². The molecule has 4 nitrogen and oxygen atoms in total. The second-order valence-electron chi connectivity index (χ2n) is 5.82. The average molecular weight is 351 g/mol. The number of hydrogen-bond donors (Lipinski definition) is 1. The van der Waals surface area contributed by atoms with Crippen LogP contribution in [0.15, 0.2) is 29.0 Å². The summed E-state index contributed by atoms with van der Waals surface area (Å²) in [4.78, 5) is 4.43. The fourth-order valence-electron chi connectivity index (χ4n) is 2.41. The van der Waals surface area contributed by atoms with E-state index in [1.165, 1.54) is 11.1 Å². The summed E-state index contributed by atoms with van der Waals surface area (Å²) >= 11 is 3.67. The molecule has 0 saturated carbocycles. The highest BCUT2D eigenvalue weighted by Gasteiger charge is 2.17. The minimum atomic E-state index is 0.218. The van der Waals surface area contributed by atoms with Gasteiger partial charge in [-0.25, -0.2) is 9.67 Å². The SMILES string of the molecule is CNC(Cc1ncnn1CC(C)C)c1ccc(C)cc1Br. The number of nitrogens with one attached hydrogen (secondary N) is 1. The number of rotatable bonds is 6. The lowest BCUT2D eigenvalue weighted by atomic mass is 10.0. The zero-order valence-electron chi connectivity index (χ0n) is 13.1. The van der Waals surface area contributed by atoms with Crippen LogP contribution in [0.3, 0.4) is 0 Å². The molecule has 0 aliphatic rings. The number of aromatic nitrogens is 3. The molecule has 5 heteroatoms. The Morgan fingerprint density at radius 1 is 1.33 bits per heavy atom. The van der Waals surface area contributed by atoms with Gasteiger partial charge in [0, 0.05) is 23.5 Å². The zero-order valence-corrected chi connectivity index (χ0v) is 14.7. The van der Waals surface area contributed by atoms with E-state index < -0.39 is 0 Å². The normalized spacial score (nSPS) is 12.9. The Hall–Kier alpha value is -1.20. The van der Waals surface area contributed by atoms with Crippen molar-refractivity contribution in [2.75, 3.05) is 7.05 Å². The Bertz CT molecular complexity index is 592. The minimum absolute atomic E-state index is 0.218. The van der Waals surface area contributed by atoms with Gasteiger partial charge in [-0.15, -0.1) is 0 Å². The van der Waals surface area contributed by atoms with Crippen LogP contribution < -0.4 is 5.32 Å². The van der Waals surface area contributed by atoms with Crippen molar-refractivity contribution in [1.82, 2.24) is 20.1 Å². The quantitative estimate of drug-likeness (QED) is 0.866. The van der Waals surface area contributed by atoms with E-state index in [1.807, 2.05) is 11.7 Å². The Kier molecular flexibility index (Phi) is 5.53. The number of hydrogen-bond acceptors (Lipinski definition) is 3. The number of likely N-dealkylation sites (N-methyl/N-ethyl adjacent to an activating group) is 1. The standard InChI is InChI=1S/C16H23BrN4/c1-11(2)9-21-16(19-10-20-21)8-15(18-4)13-6-5-12(3)7-14(13)17/h5-7,10-11,15,18H,8-9H2,1-4H3. The molecular formula is C16H23BrN4. The molecular weight excluding hydrogens is 328 g/mol. The van der Waals surface area contributed by atoms with Crippen molar-refractivity contribution in [3.05, 3.63) is 46.0 Å². The van der Waals surface area contributed by atoms with Gasteiger partial charge < -0.3 is 5.32 Å². The second-order valence-corrected chi connectivity index (χ2v) is 6.68. The van der Waals surface area contributed by atoms with Gasteiger partial charge in [0.2, 0.25) is 0 Å². The summed E-state index contributed by atoms with van der Waals surface area (Å²) in [5, 5.41) is 7.73. The van der Waals surface area contributed by atoms with Crippen LogP contribution >= 0.6 is 15.9 Å². The molecule has 1 unspecified atom stereocenters. The first kappa shape index (κ1) is 16.2. The largest absolute Gasteiger partial charge is 0.313 e. The van der Waals surface area contributed by atoms with Crippen LogP contribution in [0.25, 0.3) is 0 Å². The summed E-state index contributed by atoms with van der Waals surface area (Å²) in [5.74, 6) is 1.58. The number of halogens is 1. The lowest BCUT2D eigenvalue weighted by Crippen LogP contribution is -2.22. The van der Waals surface area contributed by atoms with Gasteiger partial charge >= 0.3 is 0 Å². The summed E-state index contributed by atoms with van der Waals surface area (Å²) in [7, 11) is 1.99. The highest BCUT2D eigenvalue weighted by Crippen LogP contribution is 2.26. The predicted octanol–water partition coefficient (Wildman–Crippen LogP) is 3.51. The molecule has 1 heterocycles. The summed E-state index contributed by atoms with van der Waals surface area (Å²) in [6, 6.07) is 6.68. The molecule has 2 rings (SSSR count). The van der Waals surface area contributed by atoms with Crippen molar-refractivity contribution >= 4 is 15.9 Å². The van der Waals surface area contributed by atoms with Gasteiger partial charge in [-0.05, 0) is 37.1 Å². The Balaban J connectivity index is 2.21. The monoisotopic (exact) mass is 350 g/mol. The predicted molar refractivity (Wildman–Crippen MR) is 89.2 cm³/mol. The van der Waals surface area contributed by atoms with Gasteiger partial charge in [0.05, 0.1) is 0 Å². The van der Waals surface area contributed by atoms with Gasteiger partial charge in [0.25, 0.3) is 0 Å². The Morgan fingerprint density at radius 3 is 2.71 bits per heavy atom. The lowest BCUT2D eigenvalue weighted by molar-refractivity contribution is 0.451. The first-order valence-corrected chi connectivity index (χ1v) is 8.10. The van der Waals surface area contributed by atoms with Gasteiger partial charge in [-0.1, -0.05) is 41.9 Å². The van der Waals surface area contributed by atoms with E-state index >= 15 is 0 Å². The molecule has 0 bridgehead atoms. The van der Waals surface area contributed by atoms with Crippen LogP contribution in [-0.2, 0) is 13.0 Å². The molecule has 0 spiro atoms. The maximum Gasteiger partial charge on any atom is 0.138 e. The van der Waals surface area contributed by atoms with Gasteiger partial charge in [-0.3, -0.25) is 0 Å². The zero-order chi connectivity index (χ0) is 15.4. The summed E-state index contributed by atoms with van der Waals surface area (Å²) < 4.78 is 3.15. The number of aryl methyl sites for hydroxylation is 1. The number of nitrogens with zero attached hydrogens (tertiary/aromatic N) is 3. The molecule has 114 valence electrons. The third-order valence-electron chi connectivity index (χ3n) is 3.50. The van der Waals surface area contributed by atoms with E-state index in [0.717, 1.165) is 23.3 Å². The van der Waals surface area contributed by atoms with Crippen LogP contribution in [0.4, 0.5) is 0 Å². The van der Waals surface area contributed by atoms with Crippen LogP contribution in [0.5, 0.6) is 0 Å². The molecule has 1 aromatic carbocycles. The Labute approximate surface area is 135 Å². The maximum atomic E-state index is 4.43. The van der Waals surface area contributed by atoms with Crippen molar-refractivity contribution in [3.8, 4) is 0 Å². The van der Waals surface area contributed by atoms with Crippen molar-refractivity contribution < 1.29 is 0 Å². The molecule has 0 aliphatic heterocycles. The highest BCUT2D eigenvalue weighted by atomic mass is 79.9. The smallest absolute Gasteiger partial charge is 0.138 e. The molecule has 1 N–H and O–H groups in total. The molecule has 0 aliphatic carbocycles. The second kappa shape index (κ2) is 7.18. The molecule has 0 fully saturated rings. The first-order valence-electron chi connectivity index (χ1n) is 7.31. The Morgan fingerprint density at radius 2 is 2.10 bits per heavy atom. The van der Waals surface area contributed by atoms with E-state index in [4.69, 9.17) is 0 Å². The van der Waals surface area contributed by atoms with Gasteiger partial charge in [0.15, 0.2) is 0 Å². The van der Waals surface area contributed by atoms with E-state index in [2.05, 4.69) is 70.3 Å². The van der Waals surface area contributed by atoms with Crippen molar-refractivity contribution in [3.63, 3.8) is 0 Å². The van der Waals surface area contributed by atoms with Crippen LogP contribution in [-0.4, -0.2) is 21.8 Å². The molecule has 0 amide bonds. The molecule has 21 heavy (non-hydrogen) atoms. The summed E-state index contributed by atoms with van der Waals surface area (Å²) in [5.41, 5.74) is 2.51. The fraction of sp³-hybridized carbons (Fsp3) is 0.500. The van der Waals surface area contributed by atoms with Crippen LogP contribution in [0, 0.1) is 12.8 Å². The lowest BCUT2D eigenvalue weighted by Gasteiger charge is -2.19. The van der Waals surface area contributed by atoms with Crippen molar-refractivity contribution in [1.29, 1.82) is 0 Å². The third kappa shape index (κ3) is 4.14. The van der Waals surface area contributed by atoms with Gasteiger partial charge in [0.1, 0.15) is 12.2 Å². The van der Waals surface area contributed by atoms with E-state index in [1.54, 1.807) is 6.33 Å². The van der Waals surface area contributed by atoms with E-state index in [0.29, 0.717) is 5.92 Å². The minimum Gasteiger partial charge on any atom is -0.313 e. The maximum absolute atomic E-state index is 4.43. The molecule has 0 saturated heterocycles. The first-order chi connectivity index (χ1) is 10.0. The van der Waals surface area contributed by atoms with Crippen LogP contribution in [0.1, 0.15) is 36.8 Å². The van der Waals surface area contributed by atoms with E-state index in [-0.39, 0.29) is 6.04 Å². The topological polar surface area (TPSA) is 42.7 Å². The third-order valence-corrected chi connectivity index (χ3v) is 4.19. The molecule has 1 atom stereocenters. The van der Waals surface area contributed by atoms with Crippen molar-refractivity contribution in [2.24, 2.45) is 5.92 Å². The average Bonchev–Trinajstić information content (AvgIpc) is 2.83. The summed E-state index contributed by atoms with van der Waals surface area (Å²) in [6.45, 7) is 7.39. The molecule has 1 aromatic heterocycles. The van der Waals surface area contributed by atoms with E-state index in [9.17, 15) is 0 Å². The molecule has 0 radical (unpaired) electrons. The fourth-order valence-corrected chi connectivity index (χ4v) is 3.18. The van der Waals surface area contributed by atoms with Crippen LogP contribution in [0.2, 0.25) is 0 Å². The number of benzene rings is 1. The highest BCUT2D eigenvalue weighted by molar-refractivity contribution is 9.10.